The van der Waals surface area contributed by atoms with Gasteiger partial charge in [-0.05, 0) is 77.6 Å². The van der Waals surface area contributed by atoms with Crippen LogP contribution in [-0.4, -0.2) is 19.7 Å². The summed E-state index contributed by atoms with van der Waals surface area (Å²) in [6.45, 7) is 4.53. The highest BCUT2D eigenvalue weighted by atomic mass is 32.2. The van der Waals surface area contributed by atoms with Gasteiger partial charge in [-0.1, -0.05) is 26.0 Å². The van der Waals surface area contributed by atoms with Crippen molar-refractivity contribution in [2.45, 2.75) is 44.4 Å². The van der Waals surface area contributed by atoms with E-state index in [0.717, 1.165) is 31.2 Å². The van der Waals surface area contributed by atoms with Gasteiger partial charge in [-0.15, -0.1) is 0 Å². The van der Waals surface area contributed by atoms with Gasteiger partial charge in [0.25, 0.3) is 0 Å². The molecule has 1 heterocycles. The fourth-order valence-electron chi connectivity index (χ4n) is 3.78. The Morgan fingerprint density at radius 2 is 1.36 bits per heavy atom. The lowest BCUT2D eigenvalue weighted by atomic mass is 9.78. The molecule has 1 aromatic carbocycles. The molecule has 0 aliphatic heterocycles. The molecule has 4 heteroatoms. The summed E-state index contributed by atoms with van der Waals surface area (Å²) >= 11 is 0. The number of pyridine rings is 1. The molecular formula is C21H25NO2S. The molecule has 0 saturated carbocycles. The zero-order chi connectivity index (χ0) is 18.1. The van der Waals surface area contributed by atoms with Crippen LogP contribution in [0.3, 0.4) is 0 Å². The Morgan fingerprint density at radius 1 is 0.880 bits per heavy atom. The molecule has 2 aromatic rings. The Kier molecular flexibility index (Phi) is 4.83. The monoisotopic (exact) mass is 355 g/mol. The fourth-order valence-corrected chi connectivity index (χ4v) is 4.42. The van der Waals surface area contributed by atoms with E-state index in [1.807, 2.05) is 24.5 Å². The average molecular weight is 356 g/mol. The zero-order valence-electron chi connectivity index (χ0n) is 15.1. The molecule has 25 heavy (non-hydrogen) atoms. The van der Waals surface area contributed by atoms with Crippen LogP contribution in [0.15, 0.2) is 53.7 Å². The molecule has 0 radical (unpaired) electrons. The first-order valence-corrected chi connectivity index (χ1v) is 10.7. The van der Waals surface area contributed by atoms with Crippen molar-refractivity contribution in [2.75, 3.05) is 6.26 Å². The molecule has 3 nitrogen and oxygen atoms in total. The maximum absolute atomic E-state index is 11.7. The van der Waals surface area contributed by atoms with Crippen LogP contribution in [-0.2, 0) is 9.84 Å². The van der Waals surface area contributed by atoms with Gasteiger partial charge >= 0.3 is 0 Å². The number of rotatable bonds is 5. The smallest absolute Gasteiger partial charge is 0.175 e. The molecule has 0 saturated heterocycles. The number of sulfone groups is 1. The van der Waals surface area contributed by atoms with Crippen molar-refractivity contribution in [1.82, 2.24) is 4.98 Å². The first kappa shape index (κ1) is 17.9. The minimum Gasteiger partial charge on any atom is -0.265 e. The quantitative estimate of drug-likeness (QED) is 0.758. The highest BCUT2D eigenvalue weighted by Gasteiger charge is 2.36. The number of nitrogens with zero attached hydrogens (tertiary/aromatic N) is 1. The second-order valence-corrected chi connectivity index (χ2v) is 9.07. The summed E-state index contributed by atoms with van der Waals surface area (Å²) in [7, 11) is -3.17. The largest absolute Gasteiger partial charge is 0.265 e. The predicted octanol–water partition coefficient (Wildman–Crippen LogP) is 5.00. The van der Waals surface area contributed by atoms with E-state index in [9.17, 15) is 8.42 Å². The van der Waals surface area contributed by atoms with E-state index in [0.29, 0.717) is 10.3 Å². The predicted molar refractivity (Wildman–Crippen MR) is 103 cm³/mol. The van der Waals surface area contributed by atoms with Crippen molar-refractivity contribution >= 4 is 21.0 Å². The Balaban J connectivity index is 2.08. The minimum absolute atomic E-state index is 0.295. The van der Waals surface area contributed by atoms with Crippen molar-refractivity contribution < 1.29 is 8.42 Å². The lowest BCUT2D eigenvalue weighted by molar-refractivity contribution is 0.291. The Morgan fingerprint density at radius 3 is 1.80 bits per heavy atom. The molecule has 0 spiro atoms. The van der Waals surface area contributed by atoms with Crippen molar-refractivity contribution in [2.24, 2.45) is 5.41 Å². The van der Waals surface area contributed by atoms with Gasteiger partial charge in [-0.2, -0.15) is 0 Å². The van der Waals surface area contributed by atoms with Crippen molar-refractivity contribution in [3.05, 3.63) is 59.9 Å². The van der Waals surface area contributed by atoms with E-state index < -0.39 is 9.84 Å². The molecule has 1 aromatic heterocycles. The standard InChI is InChI=1S/C21H25NO2S/c1-4-21(5-2)14-19(20(15-21)17-10-12-22-13-11-17)16-6-8-18(9-7-16)25(3,23)24/h6-13H,4-5,14-15H2,1-3H3. The van der Waals surface area contributed by atoms with Gasteiger partial charge in [0.2, 0.25) is 0 Å². The molecule has 0 N–H and O–H groups in total. The molecular weight excluding hydrogens is 330 g/mol. The molecule has 0 fully saturated rings. The van der Waals surface area contributed by atoms with Gasteiger partial charge < -0.3 is 0 Å². The average Bonchev–Trinajstić information content (AvgIpc) is 3.03. The number of allylic oxidation sites excluding steroid dienone is 2. The van der Waals surface area contributed by atoms with E-state index in [-0.39, 0.29) is 0 Å². The van der Waals surface area contributed by atoms with Crippen LogP contribution in [0.1, 0.15) is 50.7 Å². The second-order valence-electron chi connectivity index (χ2n) is 7.05. The zero-order valence-corrected chi connectivity index (χ0v) is 15.9. The van der Waals surface area contributed by atoms with Crippen molar-refractivity contribution in [3.63, 3.8) is 0 Å². The molecule has 1 aliphatic rings. The van der Waals surface area contributed by atoms with Crippen LogP contribution in [0.25, 0.3) is 11.1 Å². The van der Waals surface area contributed by atoms with Gasteiger partial charge in [-0.25, -0.2) is 8.42 Å². The van der Waals surface area contributed by atoms with E-state index in [1.165, 1.54) is 23.0 Å². The van der Waals surface area contributed by atoms with Gasteiger partial charge in [-0.3, -0.25) is 4.98 Å². The number of hydrogen-bond donors (Lipinski definition) is 0. The number of hydrogen-bond acceptors (Lipinski definition) is 3. The van der Waals surface area contributed by atoms with E-state index in [4.69, 9.17) is 0 Å². The number of aromatic nitrogens is 1. The number of benzene rings is 1. The summed E-state index contributed by atoms with van der Waals surface area (Å²) in [5.74, 6) is 0. The second kappa shape index (κ2) is 6.75. The lowest BCUT2D eigenvalue weighted by Crippen LogP contribution is -2.14. The normalized spacial score (nSPS) is 17.1. The third kappa shape index (κ3) is 3.54. The Bertz CT molecular complexity index is 877. The van der Waals surface area contributed by atoms with Gasteiger partial charge in [0.15, 0.2) is 9.84 Å². The summed E-state index contributed by atoms with van der Waals surface area (Å²) in [5.41, 5.74) is 5.36. The van der Waals surface area contributed by atoms with E-state index in [1.54, 1.807) is 12.1 Å². The maximum Gasteiger partial charge on any atom is 0.175 e. The van der Waals surface area contributed by atoms with Crippen molar-refractivity contribution in [3.8, 4) is 0 Å². The minimum atomic E-state index is -3.17. The molecule has 3 rings (SSSR count). The van der Waals surface area contributed by atoms with Crippen molar-refractivity contribution in [1.29, 1.82) is 0 Å². The Hall–Kier alpha value is -1.94. The van der Waals surface area contributed by atoms with Gasteiger partial charge in [0.1, 0.15) is 0 Å². The van der Waals surface area contributed by atoms with Crippen LogP contribution < -0.4 is 0 Å². The van der Waals surface area contributed by atoms with Crippen LogP contribution in [0, 0.1) is 5.41 Å². The Labute approximate surface area is 150 Å². The first-order chi connectivity index (χ1) is 11.9. The fraction of sp³-hybridized carbons (Fsp3) is 0.381. The molecule has 1 aliphatic carbocycles. The summed E-state index contributed by atoms with van der Waals surface area (Å²) in [5, 5.41) is 0. The van der Waals surface area contributed by atoms with Crippen LogP contribution >= 0.6 is 0 Å². The van der Waals surface area contributed by atoms with Gasteiger partial charge in [0.05, 0.1) is 4.90 Å². The maximum atomic E-state index is 11.7. The molecule has 132 valence electrons. The summed E-state index contributed by atoms with van der Waals surface area (Å²) in [6, 6.07) is 11.5. The highest BCUT2D eigenvalue weighted by Crippen LogP contribution is 2.53. The van der Waals surface area contributed by atoms with Gasteiger partial charge in [0, 0.05) is 18.6 Å². The van der Waals surface area contributed by atoms with Crippen LogP contribution in [0.2, 0.25) is 0 Å². The summed E-state index contributed by atoms with van der Waals surface area (Å²) < 4.78 is 23.5. The van der Waals surface area contributed by atoms with Crippen LogP contribution in [0.5, 0.6) is 0 Å². The molecule has 0 bridgehead atoms. The molecule has 0 atom stereocenters. The SMILES string of the molecule is CCC1(CC)CC(c2ccncc2)=C(c2ccc(S(C)(=O)=O)cc2)C1. The summed E-state index contributed by atoms with van der Waals surface area (Å²) in [6.07, 6.45) is 9.31. The lowest BCUT2D eigenvalue weighted by Gasteiger charge is -2.26. The third-order valence-electron chi connectivity index (χ3n) is 5.63. The van der Waals surface area contributed by atoms with E-state index in [2.05, 4.69) is 31.0 Å². The highest BCUT2D eigenvalue weighted by molar-refractivity contribution is 7.90. The van der Waals surface area contributed by atoms with E-state index >= 15 is 0 Å². The first-order valence-electron chi connectivity index (χ1n) is 8.81. The molecule has 0 unspecified atom stereocenters. The third-order valence-corrected chi connectivity index (χ3v) is 6.76. The molecule has 0 amide bonds. The van der Waals surface area contributed by atoms with Crippen LogP contribution in [0.4, 0.5) is 0 Å². The topological polar surface area (TPSA) is 47.0 Å². The summed E-state index contributed by atoms with van der Waals surface area (Å²) in [4.78, 5) is 4.51.